The zero-order chi connectivity index (χ0) is 27.8. The minimum Gasteiger partial charge on any atom is -0.376 e. The van der Waals surface area contributed by atoms with Crippen molar-refractivity contribution >= 4 is 11.8 Å². The van der Waals surface area contributed by atoms with Crippen molar-refractivity contribution in [2.24, 2.45) is 28.1 Å². The summed E-state index contributed by atoms with van der Waals surface area (Å²) in [6.45, 7) is 28.8. The van der Waals surface area contributed by atoms with E-state index in [0.29, 0.717) is 17.9 Å². The minimum atomic E-state index is -0.698. The fourth-order valence-corrected chi connectivity index (χ4v) is 6.00. The Balaban J connectivity index is 0. The van der Waals surface area contributed by atoms with Gasteiger partial charge in [0, 0.05) is 71.2 Å². The maximum atomic E-state index is 13.0. The van der Waals surface area contributed by atoms with E-state index in [2.05, 4.69) is 60.3 Å². The molecule has 1 heterocycles. The van der Waals surface area contributed by atoms with Crippen molar-refractivity contribution in [3.05, 3.63) is 0 Å². The monoisotopic (exact) mass is 681 g/mol. The molecule has 0 aromatic rings. The summed E-state index contributed by atoms with van der Waals surface area (Å²) in [5.41, 5.74) is -0.770. The van der Waals surface area contributed by atoms with Crippen molar-refractivity contribution in [1.29, 1.82) is 0 Å². The average molecular weight is 682 g/mol. The van der Waals surface area contributed by atoms with Crippen LogP contribution in [0.2, 0.25) is 0 Å². The second kappa shape index (κ2) is 15.8. The number of carbonyl (C=O) groups is 2. The summed E-state index contributed by atoms with van der Waals surface area (Å²) in [5, 5.41) is 9.17. The molecule has 0 saturated carbocycles. The van der Waals surface area contributed by atoms with Gasteiger partial charge in [0.05, 0.1) is 0 Å². The fourth-order valence-electron chi connectivity index (χ4n) is 6.00. The van der Waals surface area contributed by atoms with Crippen LogP contribution in [0.5, 0.6) is 0 Å². The molecule has 2 amide bonds. The molecule has 0 bridgehead atoms. The van der Waals surface area contributed by atoms with Gasteiger partial charge in [-0.1, -0.05) is 69.2 Å². The first-order chi connectivity index (χ1) is 15.8. The number of amides is 2. The molecular weight excluding hydrogens is 622 g/mol. The Labute approximate surface area is 238 Å². The van der Waals surface area contributed by atoms with Crippen molar-refractivity contribution in [2.45, 2.75) is 108 Å². The van der Waals surface area contributed by atoms with Gasteiger partial charge in [-0.05, 0) is 50.4 Å². The molecule has 1 aliphatic heterocycles. The van der Waals surface area contributed by atoms with E-state index in [0.717, 1.165) is 38.0 Å². The summed E-state index contributed by atoms with van der Waals surface area (Å²) >= 11 is 0. The maximum Gasteiger partial charge on any atom is 0.229 e. The van der Waals surface area contributed by atoms with Crippen LogP contribution in [0.25, 0.3) is 0 Å². The number of carbonyl (C=O) groups excluding carboxylic acids is 2. The summed E-state index contributed by atoms with van der Waals surface area (Å²) < 4.78 is 0. The third kappa shape index (κ3) is 13.4. The van der Waals surface area contributed by atoms with Gasteiger partial charge in [-0.15, -0.1) is 0 Å². The molecule has 0 atom stereocenters. The summed E-state index contributed by atoms with van der Waals surface area (Å²) in [6.07, 6.45) is 3.16. The Bertz CT molecular complexity index is 640. The summed E-state index contributed by atoms with van der Waals surface area (Å²) in [6, 6.07) is 0.501. The summed E-state index contributed by atoms with van der Waals surface area (Å²) in [5.74, 6) is 1.64. The van der Waals surface area contributed by atoms with Gasteiger partial charge in [0.2, 0.25) is 11.8 Å². The van der Waals surface area contributed by atoms with Crippen molar-refractivity contribution in [2.75, 3.05) is 40.0 Å². The molecule has 1 saturated heterocycles. The van der Waals surface area contributed by atoms with Crippen LogP contribution in [-0.2, 0) is 30.7 Å². The van der Waals surface area contributed by atoms with E-state index in [4.69, 9.17) is 0 Å². The van der Waals surface area contributed by atoms with E-state index in [1.54, 1.807) is 7.05 Å². The van der Waals surface area contributed by atoms with E-state index in [9.17, 15) is 14.7 Å². The topological polar surface area (TPSA) is 64.1 Å². The summed E-state index contributed by atoms with van der Waals surface area (Å²) in [7, 11) is 1.57. The number of rotatable bonds is 10. The second-order valence-electron chi connectivity index (χ2n) is 13.9. The number of aliphatic hydroxyl groups is 1. The molecule has 1 aliphatic rings. The Hall–Kier alpha value is -0.452. The van der Waals surface area contributed by atoms with Crippen molar-refractivity contribution < 1.29 is 35.8 Å². The van der Waals surface area contributed by atoms with Gasteiger partial charge < -0.3 is 14.9 Å². The standard InChI is InChI=1S/C18H35N3O3.C11H24.W/c1-14(2)20-8-10-21(11-9-20)16(24)18(5,6)12-17(3,4)15(23)19(7)13-22;1-9(2)7-11(5,6)8-10(3)4;/h14,22H,8-13H2,1-7H3;9-10H,7-8H2,1-6H3;. The van der Waals surface area contributed by atoms with Crippen molar-refractivity contribution in [3.63, 3.8) is 0 Å². The number of hydrogen-bond donors (Lipinski definition) is 1. The zero-order valence-electron chi connectivity index (χ0n) is 25.9. The molecule has 1 rings (SSSR count). The van der Waals surface area contributed by atoms with Crippen LogP contribution in [0.3, 0.4) is 0 Å². The fraction of sp³-hybridized carbons (Fsp3) is 0.931. The van der Waals surface area contributed by atoms with E-state index < -0.39 is 10.8 Å². The molecule has 0 aromatic heterocycles. The molecule has 0 unspecified atom stereocenters. The SMILES string of the molecule is CC(C)CC(C)(C)CC(C)C.CC(C)N1CCN(C(=O)C(C)(C)CC(C)(C)C(=O)N(C)CO)CC1.[W]. The van der Waals surface area contributed by atoms with Crippen LogP contribution in [0, 0.1) is 28.1 Å². The quantitative estimate of drug-likeness (QED) is 0.310. The molecule has 36 heavy (non-hydrogen) atoms. The summed E-state index contributed by atoms with van der Waals surface area (Å²) in [4.78, 5) is 31.0. The minimum absolute atomic E-state index is 0. The maximum absolute atomic E-state index is 13.0. The predicted molar refractivity (Wildman–Crippen MR) is 148 cm³/mol. The van der Waals surface area contributed by atoms with Gasteiger partial charge in [-0.25, -0.2) is 0 Å². The van der Waals surface area contributed by atoms with Crippen LogP contribution in [-0.4, -0.2) is 77.6 Å². The zero-order valence-corrected chi connectivity index (χ0v) is 28.8. The third-order valence-electron chi connectivity index (χ3n) is 6.85. The Morgan fingerprint density at radius 2 is 1.22 bits per heavy atom. The van der Waals surface area contributed by atoms with Gasteiger partial charge in [-0.2, -0.15) is 0 Å². The molecule has 0 radical (unpaired) electrons. The molecule has 1 N–H and O–H groups in total. The molecule has 214 valence electrons. The average Bonchev–Trinajstić information content (AvgIpc) is 2.69. The Morgan fingerprint density at radius 1 is 0.806 bits per heavy atom. The predicted octanol–water partition coefficient (Wildman–Crippen LogP) is 5.49. The van der Waals surface area contributed by atoms with Crippen LogP contribution in [0.15, 0.2) is 0 Å². The second-order valence-corrected chi connectivity index (χ2v) is 13.9. The number of piperazine rings is 1. The van der Waals surface area contributed by atoms with Gasteiger partial charge in [0.1, 0.15) is 6.73 Å². The van der Waals surface area contributed by atoms with Gasteiger partial charge in [0.25, 0.3) is 0 Å². The Morgan fingerprint density at radius 3 is 1.56 bits per heavy atom. The first-order valence-electron chi connectivity index (χ1n) is 13.7. The van der Waals surface area contributed by atoms with Crippen LogP contribution < -0.4 is 0 Å². The molecule has 7 heteroatoms. The van der Waals surface area contributed by atoms with Crippen molar-refractivity contribution in [1.82, 2.24) is 14.7 Å². The molecule has 0 aromatic carbocycles. The van der Waals surface area contributed by atoms with Crippen LogP contribution in [0.1, 0.15) is 102 Å². The van der Waals surface area contributed by atoms with E-state index in [1.807, 2.05) is 32.6 Å². The normalized spacial score (nSPS) is 15.5. The van der Waals surface area contributed by atoms with E-state index in [1.165, 1.54) is 17.7 Å². The van der Waals surface area contributed by atoms with Crippen LogP contribution >= 0.6 is 0 Å². The first kappa shape index (κ1) is 37.7. The van der Waals surface area contributed by atoms with Gasteiger partial charge in [-0.3, -0.25) is 14.5 Å². The Kier molecular flexibility index (Phi) is 16.6. The largest absolute Gasteiger partial charge is 0.376 e. The third-order valence-corrected chi connectivity index (χ3v) is 6.85. The van der Waals surface area contributed by atoms with Gasteiger partial charge in [0.15, 0.2) is 0 Å². The molecule has 6 nitrogen and oxygen atoms in total. The molecule has 0 spiro atoms. The van der Waals surface area contributed by atoms with E-state index in [-0.39, 0.29) is 39.6 Å². The first-order valence-corrected chi connectivity index (χ1v) is 13.7. The molecule has 0 aliphatic carbocycles. The molecule has 1 fully saturated rings. The smallest absolute Gasteiger partial charge is 0.229 e. The van der Waals surface area contributed by atoms with Crippen LogP contribution in [0.4, 0.5) is 0 Å². The van der Waals surface area contributed by atoms with Crippen molar-refractivity contribution in [3.8, 4) is 0 Å². The van der Waals surface area contributed by atoms with E-state index >= 15 is 0 Å². The number of hydrogen-bond acceptors (Lipinski definition) is 4. The number of aliphatic hydroxyl groups excluding tert-OH is 1. The molecular formula is C29H59N3O3W. The number of nitrogens with zero attached hydrogens (tertiary/aromatic N) is 3. The van der Waals surface area contributed by atoms with Gasteiger partial charge >= 0.3 is 0 Å².